The Labute approximate surface area is 129 Å². The van der Waals surface area contributed by atoms with Crippen molar-refractivity contribution in [3.63, 3.8) is 0 Å². The maximum absolute atomic E-state index is 4.61. The zero-order valence-corrected chi connectivity index (χ0v) is 14.2. The zero-order chi connectivity index (χ0) is 14.7. The summed E-state index contributed by atoms with van der Waals surface area (Å²) in [6.07, 6.45) is 1.99. The highest BCUT2D eigenvalue weighted by atomic mass is 79.9. The maximum atomic E-state index is 4.61. The van der Waals surface area contributed by atoms with E-state index in [9.17, 15) is 0 Å². The molecule has 0 aliphatic carbocycles. The minimum absolute atomic E-state index is 0.439. The van der Waals surface area contributed by atoms with Crippen LogP contribution in [0.2, 0.25) is 0 Å². The Balaban J connectivity index is 2.48. The number of nitrogens with one attached hydrogen (secondary N) is 1. The first-order valence-electron chi connectivity index (χ1n) is 7.08. The highest BCUT2D eigenvalue weighted by Crippen LogP contribution is 2.26. The summed E-state index contributed by atoms with van der Waals surface area (Å²) < 4.78 is 3.18. The first-order valence-corrected chi connectivity index (χ1v) is 7.88. The van der Waals surface area contributed by atoms with E-state index in [1.165, 1.54) is 16.8 Å². The van der Waals surface area contributed by atoms with Crippen LogP contribution in [0, 0.1) is 6.92 Å². The normalized spacial score (nSPS) is 11.3. The minimum Gasteiger partial charge on any atom is -0.313 e. The third-order valence-corrected chi connectivity index (χ3v) is 3.88. The maximum Gasteiger partial charge on any atom is 0.0678 e. The molecule has 0 bridgehead atoms. The highest BCUT2D eigenvalue weighted by molar-refractivity contribution is 9.10. The summed E-state index contributed by atoms with van der Waals surface area (Å²) >= 11 is 3.52. The topological polar surface area (TPSA) is 29.9 Å². The largest absolute Gasteiger partial charge is 0.313 e. The van der Waals surface area contributed by atoms with Crippen molar-refractivity contribution in [2.75, 3.05) is 6.54 Å². The molecule has 1 N–H and O–H groups in total. The lowest BCUT2D eigenvalue weighted by Crippen LogP contribution is -2.14. The average molecular weight is 336 g/mol. The molecule has 20 heavy (non-hydrogen) atoms. The number of aromatic nitrogens is 2. The molecular weight excluding hydrogens is 314 g/mol. The third kappa shape index (κ3) is 3.13. The second-order valence-corrected chi connectivity index (χ2v) is 6.25. The molecule has 3 nitrogen and oxygen atoms in total. The van der Waals surface area contributed by atoms with Gasteiger partial charge < -0.3 is 5.32 Å². The Kier molecular flexibility index (Phi) is 5.00. The first kappa shape index (κ1) is 15.3. The first-order chi connectivity index (χ1) is 9.54. The predicted molar refractivity (Wildman–Crippen MR) is 87.5 cm³/mol. The second kappa shape index (κ2) is 6.55. The van der Waals surface area contributed by atoms with Crippen LogP contribution in [-0.2, 0) is 6.54 Å². The van der Waals surface area contributed by atoms with Crippen LogP contribution in [0.3, 0.4) is 0 Å². The van der Waals surface area contributed by atoms with E-state index in [-0.39, 0.29) is 0 Å². The fourth-order valence-corrected chi connectivity index (χ4v) is 2.93. The SMILES string of the molecule is CCNCc1cnn(-c2ccc(Br)cc2C)c1C(C)C. The molecule has 1 heterocycles. The van der Waals surface area contributed by atoms with E-state index < -0.39 is 0 Å². The molecule has 0 saturated carbocycles. The summed E-state index contributed by atoms with van der Waals surface area (Å²) in [6.45, 7) is 10.5. The van der Waals surface area contributed by atoms with Crippen molar-refractivity contribution < 1.29 is 0 Å². The van der Waals surface area contributed by atoms with Gasteiger partial charge in [0.05, 0.1) is 17.6 Å². The van der Waals surface area contributed by atoms with Gasteiger partial charge in [-0.3, -0.25) is 0 Å². The Morgan fingerprint density at radius 3 is 2.70 bits per heavy atom. The highest BCUT2D eigenvalue weighted by Gasteiger charge is 2.16. The van der Waals surface area contributed by atoms with Gasteiger partial charge in [-0.25, -0.2) is 4.68 Å². The van der Waals surface area contributed by atoms with Gasteiger partial charge in [0.1, 0.15) is 0 Å². The second-order valence-electron chi connectivity index (χ2n) is 5.33. The third-order valence-electron chi connectivity index (χ3n) is 3.39. The summed E-state index contributed by atoms with van der Waals surface area (Å²) in [5.74, 6) is 0.439. The van der Waals surface area contributed by atoms with E-state index in [4.69, 9.17) is 0 Å². The molecule has 0 aliphatic rings. The van der Waals surface area contributed by atoms with Crippen molar-refractivity contribution >= 4 is 15.9 Å². The van der Waals surface area contributed by atoms with Gasteiger partial charge >= 0.3 is 0 Å². The van der Waals surface area contributed by atoms with Crippen LogP contribution in [0.4, 0.5) is 0 Å². The van der Waals surface area contributed by atoms with Gasteiger partial charge in [0.2, 0.25) is 0 Å². The smallest absolute Gasteiger partial charge is 0.0678 e. The molecule has 2 rings (SSSR count). The molecule has 0 atom stereocenters. The molecule has 0 saturated heterocycles. The molecule has 108 valence electrons. The number of hydrogen-bond donors (Lipinski definition) is 1. The lowest BCUT2D eigenvalue weighted by atomic mass is 10.1. The number of benzene rings is 1. The van der Waals surface area contributed by atoms with Crippen molar-refractivity contribution in [2.24, 2.45) is 0 Å². The van der Waals surface area contributed by atoms with Gasteiger partial charge in [-0.2, -0.15) is 5.10 Å². The van der Waals surface area contributed by atoms with Crippen molar-refractivity contribution in [1.29, 1.82) is 0 Å². The van der Waals surface area contributed by atoms with Crippen LogP contribution < -0.4 is 5.32 Å². The van der Waals surface area contributed by atoms with E-state index >= 15 is 0 Å². The molecule has 0 unspecified atom stereocenters. The van der Waals surface area contributed by atoms with Crippen molar-refractivity contribution in [3.05, 3.63) is 45.7 Å². The van der Waals surface area contributed by atoms with Gasteiger partial charge in [0, 0.05) is 16.6 Å². The van der Waals surface area contributed by atoms with Gasteiger partial charge in [-0.1, -0.05) is 36.7 Å². The summed E-state index contributed by atoms with van der Waals surface area (Å²) in [5.41, 5.74) is 4.94. The number of hydrogen-bond acceptors (Lipinski definition) is 2. The lowest BCUT2D eigenvalue weighted by Gasteiger charge is -2.15. The standard InChI is InChI=1S/C16H22BrN3/c1-5-18-9-13-10-19-20(16(13)11(2)3)15-7-6-14(17)8-12(15)4/h6-8,10-11,18H,5,9H2,1-4H3. The molecule has 0 aliphatic heterocycles. The molecule has 0 fully saturated rings. The molecular formula is C16H22BrN3. The van der Waals surface area contributed by atoms with Crippen LogP contribution in [0.5, 0.6) is 0 Å². The van der Waals surface area contributed by atoms with E-state index in [1.807, 2.05) is 6.20 Å². The van der Waals surface area contributed by atoms with E-state index in [2.05, 4.69) is 76.9 Å². The Hall–Kier alpha value is -1.13. The fourth-order valence-electron chi connectivity index (χ4n) is 2.45. The van der Waals surface area contributed by atoms with Crippen LogP contribution in [0.15, 0.2) is 28.9 Å². The van der Waals surface area contributed by atoms with Crippen molar-refractivity contribution in [1.82, 2.24) is 15.1 Å². The van der Waals surface area contributed by atoms with Crippen molar-refractivity contribution in [2.45, 2.75) is 40.2 Å². The van der Waals surface area contributed by atoms with Gasteiger partial charge in [0.15, 0.2) is 0 Å². The number of rotatable bonds is 5. The quantitative estimate of drug-likeness (QED) is 0.888. The number of nitrogens with zero attached hydrogens (tertiary/aromatic N) is 2. The molecule has 4 heteroatoms. The molecule has 1 aromatic carbocycles. The number of aryl methyl sites for hydroxylation is 1. The molecule has 0 spiro atoms. The summed E-state index contributed by atoms with van der Waals surface area (Å²) in [4.78, 5) is 0. The van der Waals surface area contributed by atoms with Crippen LogP contribution in [-0.4, -0.2) is 16.3 Å². The van der Waals surface area contributed by atoms with Gasteiger partial charge in [0.25, 0.3) is 0 Å². The summed E-state index contributed by atoms with van der Waals surface area (Å²) in [5, 5.41) is 8.00. The monoisotopic (exact) mass is 335 g/mol. The van der Waals surface area contributed by atoms with E-state index in [0.29, 0.717) is 5.92 Å². The lowest BCUT2D eigenvalue weighted by molar-refractivity contribution is 0.688. The zero-order valence-electron chi connectivity index (χ0n) is 12.6. The molecule has 0 radical (unpaired) electrons. The van der Waals surface area contributed by atoms with Crippen LogP contribution in [0.1, 0.15) is 43.5 Å². The van der Waals surface area contributed by atoms with Gasteiger partial charge in [-0.05, 0) is 43.1 Å². The Morgan fingerprint density at radius 2 is 2.10 bits per heavy atom. The fraction of sp³-hybridized carbons (Fsp3) is 0.438. The minimum atomic E-state index is 0.439. The summed E-state index contributed by atoms with van der Waals surface area (Å²) in [6, 6.07) is 6.32. The number of halogens is 1. The average Bonchev–Trinajstić information content (AvgIpc) is 2.80. The van der Waals surface area contributed by atoms with E-state index in [1.54, 1.807) is 0 Å². The van der Waals surface area contributed by atoms with Crippen LogP contribution in [0.25, 0.3) is 5.69 Å². The van der Waals surface area contributed by atoms with Gasteiger partial charge in [-0.15, -0.1) is 0 Å². The molecule has 2 aromatic rings. The Bertz CT molecular complexity index is 587. The predicted octanol–water partition coefficient (Wildman–Crippen LogP) is 4.18. The van der Waals surface area contributed by atoms with Crippen LogP contribution >= 0.6 is 15.9 Å². The van der Waals surface area contributed by atoms with E-state index in [0.717, 1.165) is 23.2 Å². The Morgan fingerprint density at radius 1 is 1.35 bits per heavy atom. The summed E-state index contributed by atoms with van der Waals surface area (Å²) in [7, 11) is 0. The van der Waals surface area contributed by atoms with Crippen molar-refractivity contribution in [3.8, 4) is 5.69 Å². The molecule has 0 amide bonds. The molecule has 1 aromatic heterocycles.